The summed E-state index contributed by atoms with van der Waals surface area (Å²) in [4.78, 5) is 0. The van der Waals surface area contributed by atoms with Crippen molar-refractivity contribution in [2.75, 3.05) is 20.0 Å². The summed E-state index contributed by atoms with van der Waals surface area (Å²) in [7, 11) is -4.37. The Balaban J connectivity index is 2.85. The number of halogens is 1. The third kappa shape index (κ3) is 5.21. The molecule has 1 aromatic carbocycles. The Kier molecular flexibility index (Phi) is 3.65. The van der Waals surface area contributed by atoms with E-state index < -0.39 is 17.1 Å². The van der Waals surface area contributed by atoms with Crippen LogP contribution < -0.4 is 14.0 Å². The van der Waals surface area contributed by atoms with Crippen molar-refractivity contribution >= 4 is 6.83 Å². The topological polar surface area (TPSA) is 78.4 Å². The van der Waals surface area contributed by atoms with Crippen molar-refractivity contribution in [2.45, 2.75) is 6.16 Å². The molecular formula is C10H16ClO4P. The van der Waals surface area contributed by atoms with Crippen molar-refractivity contribution in [1.29, 1.82) is 0 Å². The first-order valence-electron chi connectivity index (χ1n) is 4.72. The summed E-state index contributed by atoms with van der Waals surface area (Å²) in [5, 5.41) is 0. The number of rotatable bonds is 4. The molecule has 0 aliphatic heterocycles. The summed E-state index contributed by atoms with van der Waals surface area (Å²) in [6, 6.07) is 9.38. The Morgan fingerprint density at radius 1 is 1.06 bits per heavy atom. The first-order chi connectivity index (χ1) is 7.05. The van der Waals surface area contributed by atoms with Crippen LogP contribution in [-0.4, -0.2) is 20.0 Å². The minimum atomic E-state index is -4.37. The molecule has 0 radical (unpaired) electrons. The van der Waals surface area contributed by atoms with Gasteiger partial charge in [0.15, 0.2) is 0 Å². The molecular weight excluding hydrogens is 251 g/mol. The molecule has 0 aliphatic carbocycles. The predicted octanol–water partition coefficient (Wildman–Crippen LogP) is -0.542. The molecule has 0 fully saturated rings. The molecule has 0 aliphatic rings. The number of hydrogen-bond acceptors (Lipinski definition) is 4. The van der Waals surface area contributed by atoms with E-state index in [1.165, 1.54) is 0 Å². The second-order valence-corrected chi connectivity index (χ2v) is 12.6. The molecule has 0 bridgehead atoms. The normalized spacial score (nSPS) is 15.5. The van der Waals surface area contributed by atoms with Crippen LogP contribution in [0.5, 0.6) is 0 Å². The number of benzene rings is 1. The molecule has 6 heteroatoms. The van der Waals surface area contributed by atoms with Gasteiger partial charge in [0.2, 0.25) is 0 Å². The van der Waals surface area contributed by atoms with Crippen LogP contribution in [0.1, 0.15) is 5.56 Å². The van der Waals surface area contributed by atoms with Gasteiger partial charge in [-0.2, -0.15) is 0 Å². The van der Waals surface area contributed by atoms with Crippen molar-refractivity contribution in [3.8, 4) is 0 Å². The minimum absolute atomic E-state index is 0.459. The van der Waals surface area contributed by atoms with Crippen molar-refractivity contribution in [3.05, 3.63) is 35.9 Å². The van der Waals surface area contributed by atoms with E-state index in [-0.39, 0.29) is 0 Å². The van der Waals surface area contributed by atoms with Crippen LogP contribution >= 0.6 is 6.83 Å². The van der Waals surface area contributed by atoms with Gasteiger partial charge in [0, 0.05) is 0 Å². The summed E-state index contributed by atoms with van der Waals surface area (Å²) in [6.07, 6.45) is 0.459. The average molecular weight is 267 g/mol. The molecule has 0 saturated carbocycles. The Labute approximate surface area is 97.6 Å². The third-order valence-corrected chi connectivity index (χ3v) is 6.07. The maximum atomic E-state index is 10.7. The van der Waals surface area contributed by atoms with Gasteiger partial charge in [0.25, 0.3) is 0 Å². The fraction of sp³-hybridized carbons (Fsp3) is 0.400. The Morgan fingerprint density at radius 3 is 2.00 bits per heavy atom. The van der Waals surface area contributed by atoms with E-state index in [1.807, 2.05) is 30.3 Å². The quantitative estimate of drug-likeness (QED) is 0.686. The first-order valence-corrected chi connectivity index (χ1v) is 9.64. The van der Waals surface area contributed by atoms with E-state index in [0.29, 0.717) is 6.16 Å². The SMILES string of the molecule is CP(C)(C)(Cc1ccccc1)O[Cl+3]([O-])([O-])[O-]. The zero-order valence-electron chi connectivity index (χ0n) is 9.55. The van der Waals surface area contributed by atoms with Crippen LogP contribution in [0.2, 0.25) is 0 Å². The molecule has 0 heterocycles. The van der Waals surface area contributed by atoms with Gasteiger partial charge < -0.3 is 0 Å². The Bertz CT molecular complexity index is 353. The van der Waals surface area contributed by atoms with Gasteiger partial charge in [-0.05, 0) is 0 Å². The van der Waals surface area contributed by atoms with E-state index in [2.05, 4.69) is 0 Å². The van der Waals surface area contributed by atoms with E-state index in [1.54, 1.807) is 20.0 Å². The summed E-state index contributed by atoms with van der Waals surface area (Å²) in [5.74, 6) is 0. The van der Waals surface area contributed by atoms with E-state index >= 15 is 0 Å². The fourth-order valence-corrected chi connectivity index (χ4v) is 5.70. The molecule has 0 unspecified atom stereocenters. The zero-order chi connectivity index (χ0) is 12.5. The van der Waals surface area contributed by atoms with Crippen LogP contribution in [0.3, 0.4) is 0 Å². The van der Waals surface area contributed by atoms with Gasteiger partial charge in [-0.3, -0.25) is 0 Å². The standard InChI is InChI=1S/C10H16ClO4P/c1-16(2,3,15-11(12,13)14)9-10-7-5-4-6-8-10/h4-8H,9H2,1-3H3. The molecule has 1 rings (SSSR count). The second-order valence-electron chi connectivity index (χ2n) is 5.06. The molecule has 0 spiro atoms. The fourth-order valence-electron chi connectivity index (χ4n) is 1.54. The summed E-state index contributed by atoms with van der Waals surface area (Å²) >= 11 is 0. The van der Waals surface area contributed by atoms with Crippen LogP contribution in [0.25, 0.3) is 0 Å². The maximum absolute atomic E-state index is 10.7. The molecule has 0 saturated heterocycles. The summed E-state index contributed by atoms with van der Waals surface area (Å²) < 4.78 is 36.7. The van der Waals surface area contributed by atoms with Gasteiger partial charge in [-0.15, -0.1) is 0 Å². The molecule has 0 N–H and O–H groups in total. The predicted molar refractivity (Wildman–Crippen MR) is 55.9 cm³/mol. The molecule has 1 aromatic rings. The van der Waals surface area contributed by atoms with E-state index in [0.717, 1.165) is 5.56 Å². The Hall–Kier alpha value is -0.220. The molecule has 0 amide bonds. The van der Waals surface area contributed by atoms with Crippen molar-refractivity contribution < 1.29 is 28.3 Å². The number of hydrogen-bond donors (Lipinski definition) is 0. The molecule has 4 nitrogen and oxygen atoms in total. The summed E-state index contributed by atoms with van der Waals surface area (Å²) in [5.41, 5.74) is 0.964. The monoisotopic (exact) mass is 266 g/mol. The van der Waals surface area contributed by atoms with E-state index in [4.69, 9.17) is 4.08 Å². The average Bonchev–Trinajstić information content (AvgIpc) is 1.97. The van der Waals surface area contributed by atoms with Crippen molar-refractivity contribution in [2.24, 2.45) is 0 Å². The molecule has 0 atom stereocenters. The van der Waals surface area contributed by atoms with Gasteiger partial charge in [-0.25, -0.2) is 0 Å². The molecule has 16 heavy (non-hydrogen) atoms. The summed E-state index contributed by atoms with van der Waals surface area (Å²) in [6.45, 7) is 2.16. The Morgan fingerprint density at radius 2 is 1.56 bits per heavy atom. The van der Waals surface area contributed by atoms with E-state index in [9.17, 15) is 14.0 Å². The first kappa shape index (κ1) is 13.8. The van der Waals surface area contributed by atoms with Gasteiger partial charge in [-0.1, -0.05) is 0 Å². The zero-order valence-corrected chi connectivity index (χ0v) is 11.2. The molecule has 0 aromatic heterocycles. The van der Waals surface area contributed by atoms with Gasteiger partial charge in [0.05, 0.1) is 0 Å². The van der Waals surface area contributed by atoms with Crippen LogP contribution in [0.4, 0.5) is 0 Å². The van der Waals surface area contributed by atoms with Crippen molar-refractivity contribution in [1.82, 2.24) is 0 Å². The third-order valence-electron chi connectivity index (χ3n) is 1.90. The van der Waals surface area contributed by atoms with Crippen LogP contribution in [-0.2, 0) is 10.2 Å². The molecule has 92 valence electrons. The second kappa shape index (κ2) is 4.22. The van der Waals surface area contributed by atoms with Gasteiger partial charge >= 0.3 is 97.2 Å². The van der Waals surface area contributed by atoms with Gasteiger partial charge in [0.1, 0.15) is 0 Å². The van der Waals surface area contributed by atoms with Crippen molar-refractivity contribution in [3.63, 3.8) is 0 Å². The van der Waals surface area contributed by atoms with Crippen LogP contribution in [0.15, 0.2) is 30.3 Å². The van der Waals surface area contributed by atoms with Crippen LogP contribution in [0, 0.1) is 10.2 Å².